The number of benzene rings is 2. The van der Waals surface area contributed by atoms with E-state index in [1.807, 2.05) is 40.0 Å². The molecule has 9 heteroatoms. The van der Waals surface area contributed by atoms with Crippen molar-refractivity contribution in [3.05, 3.63) is 76.3 Å². The number of nitrogens with one attached hydrogen (secondary N) is 1. The highest BCUT2D eigenvalue weighted by Gasteiger charge is 2.22. The summed E-state index contributed by atoms with van der Waals surface area (Å²) in [7, 11) is -3.68. The molecular weight excluding hydrogens is 432 g/mol. The number of nitrogens with zero attached hydrogens (tertiary/aromatic N) is 3. The van der Waals surface area contributed by atoms with Gasteiger partial charge in [0.05, 0.1) is 17.9 Å². The van der Waals surface area contributed by atoms with Crippen LogP contribution in [0.1, 0.15) is 32.9 Å². The number of anilines is 2. The monoisotopic (exact) mass is 454 g/mol. The van der Waals surface area contributed by atoms with Gasteiger partial charge in [-0.2, -0.15) is 5.26 Å². The van der Waals surface area contributed by atoms with E-state index in [1.165, 1.54) is 16.9 Å². The number of aromatic nitrogens is 1. The third-order valence-electron chi connectivity index (χ3n) is 4.51. The first kappa shape index (κ1) is 22.5. The van der Waals surface area contributed by atoms with Crippen LogP contribution in [-0.4, -0.2) is 32.1 Å². The van der Waals surface area contributed by atoms with E-state index in [0.717, 1.165) is 24.8 Å². The van der Waals surface area contributed by atoms with E-state index in [-0.39, 0.29) is 5.69 Å². The van der Waals surface area contributed by atoms with Crippen LogP contribution in [-0.2, 0) is 16.4 Å². The third kappa shape index (κ3) is 6.13. The second kappa shape index (κ2) is 9.73. The van der Waals surface area contributed by atoms with Gasteiger partial charge in [0, 0.05) is 17.1 Å². The molecular formula is C22H22N4O3S2. The largest absolute Gasteiger partial charge is 0.318 e. The quantitative estimate of drug-likeness (QED) is 0.556. The number of hydrogen-bond donors (Lipinski definition) is 1. The Morgan fingerprint density at radius 3 is 2.45 bits per heavy atom. The van der Waals surface area contributed by atoms with Gasteiger partial charge in [0.25, 0.3) is 5.91 Å². The Balaban J connectivity index is 1.87. The smallest absolute Gasteiger partial charge is 0.284 e. The number of nitriles is 1. The predicted molar refractivity (Wildman–Crippen MR) is 122 cm³/mol. The van der Waals surface area contributed by atoms with Crippen LogP contribution in [0.25, 0.3) is 0 Å². The second-order valence-electron chi connectivity index (χ2n) is 7.00. The fourth-order valence-corrected chi connectivity index (χ4v) is 4.45. The van der Waals surface area contributed by atoms with E-state index in [4.69, 9.17) is 5.26 Å². The lowest BCUT2D eigenvalue weighted by Crippen LogP contribution is -2.30. The van der Waals surface area contributed by atoms with Crippen molar-refractivity contribution in [1.82, 2.24) is 9.71 Å². The van der Waals surface area contributed by atoms with Crippen LogP contribution < -0.4 is 9.62 Å². The maximum absolute atomic E-state index is 12.3. The maximum atomic E-state index is 12.3. The summed E-state index contributed by atoms with van der Waals surface area (Å²) in [5, 5.41) is 9.67. The number of thiazole rings is 1. The Morgan fingerprint density at radius 1 is 1.16 bits per heavy atom. The Morgan fingerprint density at radius 2 is 1.84 bits per heavy atom. The molecule has 0 fully saturated rings. The number of carbonyl (C=O) groups excluding carboxylic acids is 1. The molecule has 0 aliphatic heterocycles. The van der Waals surface area contributed by atoms with Gasteiger partial charge in [-0.1, -0.05) is 30.3 Å². The van der Waals surface area contributed by atoms with Crippen molar-refractivity contribution in [1.29, 1.82) is 5.26 Å². The summed E-state index contributed by atoms with van der Waals surface area (Å²) >= 11 is 1.32. The van der Waals surface area contributed by atoms with Crippen molar-refractivity contribution in [3.63, 3.8) is 0 Å². The number of sulfonamides is 1. The zero-order chi connectivity index (χ0) is 22.4. The van der Waals surface area contributed by atoms with Gasteiger partial charge in [0.15, 0.2) is 5.13 Å². The molecule has 0 saturated heterocycles. The van der Waals surface area contributed by atoms with Crippen LogP contribution in [0.15, 0.2) is 54.6 Å². The minimum absolute atomic E-state index is 0.0899. The lowest BCUT2D eigenvalue weighted by atomic mass is 10.1. The van der Waals surface area contributed by atoms with Gasteiger partial charge in [-0.3, -0.25) is 4.79 Å². The number of rotatable bonds is 8. The molecule has 0 bridgehead atoms. The molecule has 0 spiro atoms. The van der Waals surface area contributed by atoms with E-state index in [1.54, 1.807) is 19.1 Å². The Labute approximate surface area is 186 Å². The second-order valence-corrected chi connectivity index (χ2v) is 9.93. The molecule has 160 valence electrons. The average molecular weight is 455 g/mol. The summed E-state index contributed by atoms with van der Waals surface area (Å²) in [6, 6.07) is 19.4. The molecule has 0 aliphatic rings. The minimum atomic E-state index is -3.68. The summed E-state index contributed by atoms with van der Waals surface area (Å²) in [5.74, 6) is -0.744. The number of amides is 1. The molecule has 2 aromatic carbocycles. The minimum Gasteiger partial charge on any atom is -0.318 e. The van der Waals surface area contributed by atoms with Crippen molar-refractivity contribution in [3.8, 4) is 6.07 Å². The number of hydrogen-bond acceptors (Lipinski definition) is 7. The van der Waals surface area contributed by atoms with E-state index in [2.05, 4.69) is 23.2 Å². The molecule has 3 rings (SSSR count). The zero-order valence-electron chi connectivity index (χ0n) is 17.2. The first-order valence-electron chi connectivity index (χ1n) is 9.58. The summed E-state index contributed by atoms with van der Waals surface area (Å²) in [5.41, 5.74) is 2.71. The average Bonchev–Trinajstić information content (AvgIpc) is 3.12. The lowest BCUT2D eigenvalue weighted by molar-refractivity contribution is 0.0977. The lowest BCUT2D eigenvalue weighted by Gasteiger charge is -2.22. The molecule has 0 saturated carbocycles. The molecule has 0 aliphatic carbocycles. The normalized spacial score (nSPS) is 11.0. The van der Waals surface area contributed by atoms with Gasteiger partial charge in [0.1, 0.15) is 5.69 Å². The first-order valence-corrected chi connectivity index (χ1v) is 12.3. The van der Waals surface area contributed by atoms with Crippen molar-refractivity contribution >= 4 is 38.1 Å². The number of aryl methyl sites for hydroxylation is 2. The Kier molecular flexibility index (Phi) is 7.05. The highest BCUT2D eigenvalue weighted by Crippen LogP contribution is 2.32. The van der Waals surface area contributed by atoms with Crippen molar-refractivity contribution in [2.45, 2.75) is 19.8 Å². The van der Waals surface area contributed by atoms with Crippen molar-refractivity contribution in [2.75, 3.05) is 17.7 Å². The molecule has 1 heterocycles. The van der Waals surface area contributed by atoms with E-state index in [0.29, 0.717) is 22.1 Å². The van der Waals surface area contributed by atoms with Gasteiger partial charge in [-0.25, -0.2) is 18.1 Å². The first-order chi connectivity index (χ1) is 14.8. The Hall–Kier alpha value is -3.22. The third-order valence-corrected chi connectivity index (χ3v) is 6.06. The molecule has 1 N–H and O–H groups in total. The summed E-state index contributed by atoms with van der Waals surface area (Å²) < 4.78 is 24.8. The molecule has 1 aromatic heterocycles. The van der Waals surface area contributed by atoms with Crippen LogP contribution in [0.2, 0.25) is 0 Å². The fourth-order valence-electron chi connectivity index (χ4n) is 3.06. The zero-order valence-corrected chi connectivity index (χ0v) is 18.8. The van der Waals surface area contributed by atoms with Crippen LogP contribution >= 0.6 is 11.3 Å². The van der Waals surface area contributed by atoms with Crippen molar-refractivity contribution < 1.29 is 13.2 Å². The molecule has 0 radical (unpaired) electrons. The topological polar surface area (TPSA) is 103 Å². The Bertz CT molecular complexity index is 1200. The fraction of sp³-hybridized carbons (Fsp3) is 0.227. The van der Waals surface area contributed by atoms with Gasteiger partial charge < -0.3 is 4.90 Å². The molecule has 0 atom stereocenters. The predicted octanol–water partition coefficient (Wildman–Crippen LogP) is 3.78. The highest BCUT2D eigenvalue weighted by atomic mass is 32.2. The van der Waals surface area contributed by atoms with Crippen molar-refractivity contribution in [2.24, 2.45) is 0 Å². The maximum Gasteiger partial charge on any atom is 0.284 e. The molecule has 3 aromatic rings. The summed E-state index contributed by atoms with van der Waals surface area (Å²) in [6.07, 6.45) is 2.65. The van der Waals surface area contributed by atoms with E-state index >= 15 is 0 Å². The van der Waals surface area contributed by atoms with Gasteiger partial charge in [-0.15, -0.1) is 11.3 Å². The SMILES string of the molecule is Cc1sc(N(CCCc2ccccc2)c2ccc(C#N)cc2)nc1C(=O)NS(C)(=O)=O. The standard InChI is InChI=1S/C22H22N4O3S2/c1-16-20(21(27)25-31(2,28)29)24-22(30-16)26(19-12-10-18(15-23)11-13-19)14-6-9-17-7-4-3-5-8-17/h3-5,7-8,10-13H,6,9,14H2,1-2H3,(H,25,27). The molecule has 7 nitrogen and oxygen atoms in total. The molecule has 31 heavy (non-hydrogen) atoms. The highest BCUT2D eigenvalue weighted by molar-refractivity contribution is 7.89. The van der Waals surface area contributed by atoms with Crippen LogP contribution in [0.5, 0.6) is 0 Å². The molecule has 0 unspecified atom stereocenters. The van der Waals surface area contributed by atoms with Crippen LogP contribution in [0.4, 0.5) is 10.8 Å². The van der Waals surface area contributed by atoms with Crippen LogP contribution in [0, 0.1) is 18.3 Å². The molecule has 1 amide bonds. The van der Waals surface area contributed by atoms with E-state index in [9.17, 15) is 13.2 Å². The van der Waals surface area contributed by atoms with Gasteiger partial charge >= 0.3 is 0 Å². The summed E-state index contributed by atoms with van der Waals surface area (Å²) in [6.45, 7) is 2.38. The van der Waals surface area contributed by atoms with Crippen LogP contribution in [0.3, 0.4) is 0 Å². The summed E-state index contributed by atoms with van der Waals surface area (Å²) in [4.78, 5) is 19.4. The number of carbonyl (C=O) groups is 1. The van der Waals surface area contributed by atoms with Gasteiger partial charge in [-0.05, 0) is 49.6 Å². The van der Waals surface area contributed by atoms with Gasteiger partial charge in [0.2, 0.25) is 10.0 Å². The van der Waals surface area contributed by atoms with E-state index < -0.39 is 15.9 Å².